The van der Waals surface area contributed by atoms with Crippen molar-refractivity contribution in [2.24, 2.45) is 0 Å². The van der Waals surface area contributed by atoms with Crippen LogP contribution in [-0.4, -0.2) is 32.7 Å². The summed E-state index contributed by atoms with van der Waals surface area (Å²) in [7, 11) is -0.259. The van der Waals surface area contributed by atoms with Crippen molar-refractivity contribution in [2.45, 2.75) is 12.3 Å². The number of sulfonamides is 1. The number of rotatable bonds is 6. The van der Waals surface area contributed by atoms with Gasteiger partial charge >= 0.3 is 0 Å². The summed E-state index contributed by atoms with van der Waals surface area (Å²) in [6.07, 6.45) is 0. The molecule has 122 valence electrons. The summed E-state index contributed by atoms with van der Waals surface area (Å²) < 4.78 is 26.1. The van der Waals surface area contributed by atoms with Gasteiger partial charge in [0.1, 0.15) is 0 Å². The van der Waals surface area contributed by atoms with E-state index in [1.165, 1.54) is 4.31 Å². The maximum atomic E-state index is 12.4. The summed E-state index contributed by atoms with van der Waals surface area (Å²) in [5.74, 6) is -0.192. The van der Waals surface area contributed by atoms with E-state index in [1.54, 1.807) is 50.5 Å². The molecule has 2 aromatic carbocycles. The molecule has 0 atom stereocenters. The molecule has 2 rings (SSSR count). The Morgan fingerprint density at radius 2 is 1.61 bits per heavy atom. The van der Waals surface area contributed by atoms with Crippen LogP contribution >= 0.6 is 0 Å². The maximum absolute atomic E-state index is 12.4. The zero-order chi connectivity index (χ0) is 16.9. The summed E-state index contributed by atoms with van der Waals surface area (Å²) in [6, 6.07) is 16.0. The molecule has 1 N–H and O–H groups in total. The molecule has 0 unspecified atom stereocenters. The number of carbonyl (C=O) groups excluding carboxylic acids is 1. The van der Waals surface area contributed by atoms with Crippen molar-refractivity contribution in [2.75, 3.05) is 14.1 Å². The number of carbonyl (C=O) groups is 1. The molecule has 0 aliphatic rings. The van der Waals surface area contributed by atoms with Crippen molar-refractivity contribution in [3.63, 3.8) is 0 Å². The summed E-state index contributed by atoms with van der Waals surface area (Å²) in [5, 5.41) is 2.55. The Labute approximate surface area is 137 Å². The predicted molar refractivity (Wildman–Crippen MR) is 90.4 cm³/mol. The number of benzene rings is 2. The SMILES string of the molecule is CNC(=O)c1ccc(CN(C)S(=O)(=O)Cc2ccccc2)cc1. The first-order valence-corrected chi connectivity index (χ1v) is 8.82. The molecule has 6 heteroatoms. The molecule has 2 aromatic rings. The third-order valence-corrected chi connectivity index (χ3v) is 5.29. The molecule has 0 radical (unpaired) electrons. The van der Waals surface area contributed by atoms with Crippen molar-refractivity contribution in [1.29, 1.82) is 0 Å². The molecule has 0 saturated heterocycles. The predicted octanol–water partition coefficient (Wildman–Crippen LogP) is 2.01. The molecule has 5 nitrogen and oxygen atoms in total. The highest BCUT2D eigenvalue weighted by Gasteiger charge is 2.18. The van der Waals surface area contributed by atoms with Crippen LogP contribution in [0.4, 0.5) is 0 Å². The molecule has 1 amide bonds. The number of hydrogen-bond donors (Lipinski definition) is 1. The number of nitrogens with one attached hydrogen (secondary N) is 1. The van der Waals surface area contributed by atoms with Gasteiger partial charge in [-0.25, -0.2) is 12.7 Å². The van der Waals surface area contributed by atoms with Crippen LogP contribution in [0.5, 0.6) is 0 Å². The fourth-order valence-corrected chi connectivity index (χ4v) is 3.34. The summed E-state index contributed by atoms with van der Waals surface area (Å²) >= 11 is 0. The van der Waals surface area contributed by atoms with E-state index < -0.39 is 10.0 Å². The van der Waals surface area contributed by atoms with Gasteiger partial charge in [0, 0.05) is 26.2 Å². The van der Waals surface area contributed by atoms with Gasteiger partial charge in [-0.15, -0.1) is 0 Å². The standard InChI is InChI=1S/C17H20N2O3S/c1-18-17(20)16-10-8-14(9-11-16)12-19(2)23(21,22)13-15-6-4-3-5-7-15/h3-11H,12-13H2,1-2H3,(H,18,20). The fraction of sp³-hybridized carbons (Fsp3) is 0.235. The van der Waals surface area contributed by atoms with Gasteiger partial charge < -0.3 is 5.32 Å². The van der Waals surface area contributed by atoms with E-state index in [9.17, 15) is 13.2 Å². The minimum Gasteiger partial charge on any atom is -0.355 e. The molecule has 0 aliphatic heterocycles. The number of amides is 1. The van der Waals surface area contributed by atoms with Gasteiger partial charge in [0.05, 0.1) is 5.75 Å². The molecule has 0 saturated carbocycles. The van der Waals surface area contributed by atoms with Crippen LogP contribution in [0, 0.1) is 0 Å². The van der Waals surface area contributed by atoms with Crippen molar-refractivity contribution in [1.82, 2.24) is 9.62 Å². The molecular formula is C17H20N2O3S. The lowest BCUT2D eigenvalue weighted by Gasteiger charge is -2.17. The second-order valence-corrected chi connectivity index (χ2v) is 7.35. The average molecular weight is 332 g/mol. The normalized spacial score (nSPS) is 11.4. The van der Waals surface area contributed by atoms with Gasteiger partial charge in [0.25, 0.3) is 5.91 Å². The average Bonchev–Trinajstić information content (AvgIpc) is 2.55. The lowest BCUT2D eigenvalue weighted by molar-refractivity contribution is 0.0963. The summed E-state index contributed by atoms with van der Waals surface area (Å²) in [4.78, 5) is 11.5. The highest BCUT2D eigenvalue weighted by atomic mass is 32.2. The van der Waals surface area contributed by atoms with E-state index in [-0.39, 0.29) is 18.2 Å². The first-order valence-electron chi connectivity index (χ1n) is 7.21. The Hall–Kier alpha value is -2.18. The van der Waals surface area contributed by atoms with Crippen LogP contribution < -0.4 is 5.32 Å². The van der Waals surface area contributed by atoms with Gasteiger partial charge in [-0.1, -0.05) is 42.5 Å². The Bertz CT molecular complexity index is 756. The first kappa shape index (κ1) is 17.2. The smallest absolute Gasteiger partial charge is 0.251 e. The molecule has 0 aromatic heterocycles. The van der Waals surface area contributed by atoms with Crippen LogP contribution in [0.15, 0.2) is 54.6 Å². The second-order valence-electron chi connectivity index (χ2n) is 5.27. The van der Waals surface area contributed by atoms with Gasteiger partial charge in [-0.2, -0.15) is 0 Å². The Morgan fingerprint density at radius 1 is 1.00 bits per heavy atom. The number of nitrogens with zero attached hydrogens (tertiary/aromatic N) is 1. The monoisotopic (exact) mass is 332 g/mol. The van der Waals surface area contributed by atoms with E-state index in [4.69, 9.17) is 0 Å². The minimum atomic E-state index is -3.39. The van der Waals surface area contributed by atoms with Crippen LogP contribution in [0.1, 0.15) is 21.5 Å². The highest BCUT2D eigenvalue weighted by molar-refractivity contribution is 7.88. The summed E-state index contributed by atoms with van der Waals surface area (Å²) in [5.41, 5.74) is 2.14. The van der Waals surface area contributed by atoms with Crippen LogP contribution in [0.3, 0.4) is 0 Å². The zero-order valence-corrected chi connectivity index (χ0v) is 14.0. The van der Waals surface area contributed by atoms with Crippen molar-refractivity contribution >= 4 is 15.9 Å². The van der Waals surface area contributed by atoms with Crippen LogP contribution in [-0.2, 0) is 22.3 Å². The Morgan fingerprint density at radius 3 is 2.17 bits per heavy atom. The van der Waals surface area contributed by atoms with Crippen molar-refractivity contribution in [3.05, 3.63) is 71.3 Å². The molecular weight excluding hydrogens is 312 g/mol. The molecule has 0 aliphatic carbocycles. The lowest BCUT2D eigenvalue weighted by atomic mass is 10.1. The van der Waals surface area contributed by atoms with E-state index in [0.717, 1.165) is 11.1 Å². The topological polar surface area (TPSA) is 66.5 Å². The first-order chi connectivity index (χ1) is 10.9. The lowest BCUT2D eigenvalue weighted by Crippen LogP contribution is -2.27. The van der Waals surface area contributed by atoms with E-state index in [0.29, 0.717) is 5.56 Å². The number of hydrogen-bond acceptors (Lipinski definition) is 3. The Balaban J connectivity index is 2.05. The van der Waals surface area contributed by atoms with Gasteiger partial charge in [0.15, 0.2) is 0 Å². The van der Waals surface area contributed by atoms with Gasteiger partial charge in [-0.3, -0.25) is 4.79 Å². The molecule has 0 fully saturated rings. The molecule has 0 spiro atoms. The minimum absolute atomic E-state index is 0.0271. The zero-order valence-electron chi connectivity index (χ0n) is 13.2. The highest BCUT2D eigenvalue weighted by Crippen LogP contribution is 2.13. The maximum Gasteiger partial charge on any atom is 0.251 e. The third kappa shape index (κ3) is 4.64. The van der Waals surface area contributed by atoms with E-state index >= 15 is 0 Å². The van der Waals surface area contributed by atoms with Gasteiger partial charge in [0.2, 0.25) is 10.0 Å². The third-order valence-electron chi connectivity index (χ3n) is 3.52. The van der Waals surface area contributed by atoms with Crippen molar-refractivity contribution < 1.29 is 13.2 Å². The molecule has 0 heterocycles. The van der Waals surface area contributed by atoms with E-state index in [2.05, 4.69) is 5.32 Å². The largest absolute Gasteiger partial charge is 0.355 e. The second kappa shape index (κ2) is 7.39. The molecule has 23 heavy (non-hydrogen) atoms. The van der Waals surface area contributed by atoms with E-state index in [1.807, 2.05) is 18.2 Å². The summed E-state index contributed by atoms with van der Waals surface area (Å²) in [6.45, 7) is 0.267. The van der Waals surface area contributed by atoms with Crippen LogP contribution in [0.2, 0.25) is 0 Å². The van der Waals surface area contributed by atoms with Gasteiger partial charge in [-0.05, 0) is 23.3 Å². The van der Waals surface area contributed by atoms with Crippen LogP contribution in [0.25, 0.3) is 0 Å². The quantitative estimate of drug-likeness (QED) is 0.880. The van der Waals surface area contributed by atoms with Crippen molar-refractivity contribution in [3.8, 4) is 0 Å². The molecule has 0 bridgehead atoms. The fourth-order valence-electron chi connectivity index (χ4n) is 2.16. The Kier molecular flexibility index (Phi) is 5.52.